The van der Waals surface area contributed by atoms with E-state index in [0.29, 0.717) is 11.1 Å². The van der Waals surface area contributed by atoms with Crippen molar-refractivity contribution in [3.8, 4) is 11.1 Å². The first-order valence-corrected chi connectivity index (χ1v) is 10.4. The molecule has 0 N–H and O–H groups in total. The van der Waals surface area contributed by atoms with Crippen LogP contribution < -0.4 is 0 Å². The van der Waals surface area contributed by atoms with Crippen molar-refractivity contribution in [1.82, 2.24) is 0 Å². The van der Waals surface area contributed by atoms with Crippen molar-refractivity contribution >= 4 is 36.9 Å². The van der Waals surface area contributed by atoms with Crippen molar-refractivity contribution < 1.29 is 9.59 Å². The first-order valence-electron chi connectivity index (χ1n) is 10.4. The van der Waals surface area contributed by atoms with Crippen LogP contribution >= 0.6 is 0 Å². The number of rotatable bonds is 7. The summed E-state index contributed by atoms with van der Waals surface area (Å²) >= 11 is 0. The van der Waals surface area contributed by atoms with Gasteiger partial charge in [0.2, 0.25) is 0 Å². The molecule has 4 aromatic carbocycles. The molecule has 0 aromatic heterocycles. The molecular formula is C30H22O2. The van der Waals surface area contributed by atoms with E-state index in [9.17, 15) is 9.59 Å². The number of carbonyl (C=O) groups is 2. The van der Waals surface area contributed by atoms with Gasteiger partial charge in [-0.05, 0) is 33.4 Å². The fraction of sp³-hybridized carbons (Fsp3) is 0. The second-order valence-electron chi connectivity index (χ2n) is 7.40. The topological polar surface area (TPSA) is 34.1 Å². The lowest BCUT2D eigenvalue weighted by molar-refractivity contribution is 0.111. The Balaban J connectivity index is 1.46. The molecule has 0 heterocycles. The van der Waals surface area contributed by atoms with E-state index in [-0.39, 0.29) is 0 Å². The molecule has 0 bridgehead atoms. The molecule has 32 heavy (non-hydrogen) atoms. The molecule has 2 heteroatoms. The van der Waals surface area contributed by atoms with Crippen molar-refractivity contribution in [2.45, 2.75) is 0 Å². The van der Waals surface area contributed by atoms with E-state index in [1.165, 1.54) is 0 Å². The van der Waals surface area contributed by atoms with Crippen LogP contribution in [-0.4, -0.2) is 12.6 Å². The van der Waals surface area contributed by atoms with E-state index >= 15 is 0 Å². The van der Waals surface area contributed by atoms with Crippen molar-refractivity contribution in [3.05, 3.63) is 130 Å². The van der Waals surface area contributed by atoms with Crippen molar-refractivity contribution in [2.75, 3.05) is 0 Å². The molecule has 0 atom stereocenters. The molecule has 4 rings (SSSR count). The fourth-order valence-corrected chi connectivity index (χ4v) is 3.49. The number of benzene rings is 4. The number of aldehydes is 2. The van der Waals surface area contributed by atoms with Crippen LogP contribution in [0.1, 0.15) is 43.0 Å². The quantitative estimate of drug-likeness (QED) is 0.234. The van der Waals surface area contributed by atoms with Crippen LogP contribution in [0.25, 0.3) is 35.4 Å². The monoisotopic (exact) mass is 414 g/mol. The van der Waals surface area contributed by atoms with Gasteiger partial charge in [0.1, 0.15) is 0 Å². The van der Waals surface area contributed by atoms with E-state index in [1.54, 1.807) is 0 Å². The molecule has 0 unspecified atom stereocenters. The molecule has 0 radical (unpaired) electrons. The van der Waals surface area contributed by atoms with Gasteiger partial charge < -0.3 is 0 Å². The van der Waals surface area contributed by atoms with Gasteiger partial charge >= 0.3 is 0 Å². The Morgan fingerprint density at radius 2 is 0.719 bits per heavy atom. The predicted octanol–water partition coefficient (Wildman–Crippen LogP) is 7.32. The number of hydrogen-bond donors (Lipinski definition) is 0. The molecule has 0 aliphatic heterocycles. The van der Waals surface area contributed by atoms with E-state index < -0.39 is 0 Å². The summed E-state index contributed by atoms with van der Waals surface area (Å²) in [6, 6.07) is 31.7. The molecule has 154 valence electrons. The Kier molecular flexibility index (Phi) is 6.64. The Morgan fingerprint density at radius 3 is 1.06 bits per heavy atom. The summed E-state index contributed by atoms with van der Waals surface area (Å²) in [5.41, 5.74) is 7.60. The van der Waals surface area contributed by atoms with Crippen LogP contribution in [-0.2, 0) is 0 Å². The highest BCUT2D eigenvalue weighted by atomic mass is 16.1. The first kappa shape index (κ1) is 21.0. The average Bonchev–Trinajstić information content (AvgIpc) is 2.87. The number of hydrogen-bond acceptors (Lipinski definition) is 2. The Bertz CT molecular complexity index is 1170. The zero-order valence-corrected chi connectivity index (χ0v) is 17.5. The normalized spacial score (nSPS) is 11.1. The molecule has 0 fully saturated rings. The van der Waals surface area contributed by atoms with Gasteiger partial charge in [0.05, 0.1) is 0 Å². The van der Waals surface area contributed by atoms with Crippen molar-refractivity contribution in [3.63, 3.8) is 0 Å². The van der Waals surface area contributed by atoms with Gasteiger partial charge in [-0.25, -0.2) is 0 Å². The highest BCUT2D eigenvalue weighted by Gasteiger charge is 2.00. The Morgan fingerprint density at radius 1 is 0.375 bits per heavy atom. The second kappa shape index (κ2) is 10.1. The lowest BCUT2D eigenvalue weighted by atomic mass is 10.0. The van der Waals surface area contributed by atoms with E-state index in [2.05, 4.69) is 48.5 Å². The SMILES string of the molecule is O=Cc1ccccc1/C=C/c1ccc(-c2ccc(/C=C/c3ccccc3C=O)cc2)cc1. The van der Waals surface area contributed by atoms with Crippen LogP contribution in [0.5, 0.6) is 0 Å². The zero-order chi connectivity index (χ0) is 22.2. The number of carbonyl (C=O) groups excluding carboxylic acids is 2. The third kappa shape index (κ3) is 5.05. The maximum Gasteiger partial charge on any atom is 0.150 e. The van der Waals surface area contributed by atoms with Crippen LogP contribution in [0.4, 0.5) is 0 Å². The zero-order valence-electron chi connectivity index (χ0n) is 17.5. The van der Waals surface area contributed by atoms with Crippen LogP contribution in [0.3, 0.4) is 0 Å². The first-order chi connectivity index (χ1) is 15.8. The summed E-state index contributed by atoms with van der Waals surface area (Å²) < 4.78 is 0. The Labute approximate surface area is 188 Å². The molecule has 4 aromatic rings. The summed E-state index contributed by atoms with van der Waals surface area (Å²) in [5.74, 6) is 0. The maximum atomic E-state index is 11.2. The molecule has 0 amide bonds. The summed E-state index contributed by atoms with van der Waals surface area (Å²) in [4.78, 5) is 22.3. The lowest BCUT2D eigenvalue weighted by Gasteiger charge is -2.04. The van der Waals surface area contributed by atoms with Gasteiger partial charge in [0, 0.05) is 11.1 Å². The van der Waals surface area contributed by atoms with Gasteiger partial charge in [-0.3, -0.25) is 9.59 Å². The minimum Gasteiger partial charge on any atom is -0.298 e. The minimum absolute atomic E-state index is 0.684. The van der Waals surface area contributed by atoms with Crippen LogP contribution in [0.2, 0.25) is 0 Å². The molecule has 0 saturated carbocycles. The Hall–Kier alpha value is -4.30. The standard InChI is InChI=1S/C30H22O2/c31-21-29-7-3-1-5-25(29)15-9-23-11-17-27(18-12-23)28-19-13-24(14-20-28)10-16-26-6-2-4-8-30(26)22-32/h1-22H/b15-9+,16-10+. The van der Waals surface area contributed by atoms with E-state index in [0.717, 1.165) is 46.0 Å². The van der Waals surface area contributed by atoms with Gasteiger partial charge in [-0.2, -0.15) is 0 Å². The third-order valence-corrected chi connectivity index (χ3v) is 5.31. The minimum atomic E-state index is 0.684. The summed E-state index contributed by atoms with van der Waals surface area (Å²) in [6.45, 7) is 0. The van der Waals surface area contributed by atoms with Gasteiger partial charge in [0.25, 0.3) is 0 Å². The molecule has 0 aliphatic carbocycles. The highest BCUT2D eigenvalue weighted by Crippen LogP contribution is 2.22. The third-order valence-electron chi connectivity index (χ3n) is 5.31. The van der Waals surface area contributed by atoms with Crippen molar-refractivity contribution in [1.29, 1.82) is 0 Å². The maximum absolute atomic E-state index is 11.2. The van der Waals surface area contributed by atoms with E-state index in [4.69, 9.17) is 0 Å². The molecular weight excluding hydrogens is 392 g/mol. The summed E-state index contributed by atoms with van der Waals surface area (Å²) in [5, 5.41) is 0. The lowest BCUT2D eigenvalue weighted by Crippen LogP contribution is -1.84. The molecule has 0 aliphatic rings. The van der Waals surface area contributed by atoms with Crippen LogP contribution in [0.15, 0.2) is 97.1 Å². The highest BCUT2D eigenvalue weighted by molar-refractivity contribution is 5.86. The van der Waals surface area contributed by atoms with Gasteiger partial charge in [-0.1, -0.05) is 121 Å². The molecule has 2 nitrogen and oxygen atoms in total. The van der Waals surface area contributed by atoms with Crippen molar-refractivity contribution in [2.24, 2.45) is 0 Å². The largest absolute Gasteiger partial charge is 0.298 e. The van der Waals surface area contributed by atoms with Gasteiger partial charge in [0.15, 0.2) is 12.6 Å². The molecule has 0 spiro atoms. The van der Waals surface area contributed by atoms with E-state index in [1.807, 2.05) is 72.8 Å². The summed E-state index contributed by atoms with van der Waals surface area (Å²) in [7, 11) is 0. The smallest absolute Gasteiger partial charge is 0.150 e. The van der Waals surface area contributed by atoms with Gasteiger partial charge in [-0.15, -0.1) is 0 Å². The fourth-order valence-electron chi connectivity index (χ4n) is 3.49. The predicted molar refractivity (Wildman–Crippen MR) is 133 cm³/mol. The average molecular weight is 415 g/mol. The second-order valence-corrected chi connectivity index (χ2v) is 7.40. The summed E-state index contributed by atoms with van der Waals surface area (Å²) in [6.07, 6.45) is 9.70. The molecule has 0 saturated heterocycles. The van der Waals surface area contributed by atoms with Crippen LogP contribution in [0, 0.1) is 0 Å².